The monoisotopic (exact) mass is 420 g/mol. The van der Waals surface area contributed by atoms with Crippen molar-refractivity contribution < 1.29 is 23.1 Å². The van der Waals surface area contributed by atoms with Gasteiger partial charge in [0.25, 0.3) is 5.91 Å². The lowest BCUT2D eigenvalue weighted by Crippen LogP contribution is -2.18. The molecule has 0 radical (unpaired) electrons. The molecule has 2 rings (SSSR count). The van der Waals surface area contributed by atoms with Gasteiger partial charge in [0.05, 0.1) is 16.8 Å². The summed E-state index contributed by atoms with van der Waals surface area (Å²) in [6.07, 6.45) is -3.42. The first kappa shape index (κ1) is 18.3. The molecule has 4 nitrogen and oxygen atoms in total. The summed E-state index contributed by atoms with van der Waals surface area (Å²) in [5.74, 6) is -1.06. The van der Waals surface area contributed by atoms with Gasteiger partial charge in [-0.3, -0.25) is 4.79 Å². The van der Waals surface area contributed by atoms with E-state index >= 15 is 0 Å². The lowest BCUT2D eigenvalue weighted by atomic mass is 10.1. The minimum Gasteiger partial charge on any atom is -0.506 e. The maximum Gasteiger partial charge on any atom is 0.416 e. The predicted molar refractivity (Wildman–Crippen MR) is 87.3 cm³/mol. The second kappa shape index (κ2) is 7.23. The average Bonchev–Trinajstić information content (AvgIpc) is 2.51. The molecule has 0 aliphatic rings. The molecule has 126 valence electrons. The van der Waals surface area contributed by atoms with Crippen molar-refractivity contribution in [2.75, 3.05) is 0 Å². The molecule has 1 amide bonds. The van der Waals surface area contributed by atoms with Crippen LogP contribution < -0.4 is 5.43 Å². The largest absolute Gasteiger partial charge is 0.506 e. The number of nitrogens with one attached hydrogen (secondary N) is 1. The number of nitrogens with zero attached hydrogens (tertiary/aromatic N) is 1. The van der Waals surface area contributed by atoms with Gasteiger partial charge in [0.2, 0.25) is 0 Å². The maximum absolute atomic E-state index is 12.6. The number of benzene rings is 2. The van der Waals surface area contributed by atoms with Gasteiger partial charge < -0.3 is 5.11 Å². The molecule has 24 heavy (non-hydrogen) atoms. The number of hydrazone groups is 1. The van der Waals surface area contributed by atoms with E-state index in [0.717, 1.165) is 24.4 Å². The molecule has 0 aromatic heterocycles. The Kier molecular flexibility index (Phi) is 5.51. The summed E-state index contributed by atoms with van der Waals surface area (Å²) in [6, 6.07) is 6.91. The van der Waals surface area contributed by atoms with Gasteiger partial charge in [0, 0.05) is 15.6 Å². The fourth-order valence-corrected chi connectivity index (χ4v) is 2.58. The molecule has 2 aromatic rings. The van der Waals surface area contributed by atoms with Gasteiger partial charge >= 0.3 is 6.18 Å². The summed E-state index contributed by atoms with van der Waals surface area (Å²) >= 11 is 8.96. The highest BCUT2D eigenvalue weighted by atomic mass is 79.9. The highest BCUT2D eigenvalue weighted by Gasteiger charge is 2.30. The van der Waals surface area contributed by atoms with Crippen LogP contribution >= 0.6 is 27.5 Å². The standard InChI is InChI=1S/C15H9BrClF3N2O2/c16-11-5-9(13(23)12(17)6-11)7-21-22-14(24)8-2-1-3-10(4-8)15(18,19)20/h1-7,23H,(H,22,24). The minimum atomic E-state index is -4.54. The van der Waals surface area contributed by atoms with E-state index in [1.807, 2.05) is 0 Å². The Morgan fingerprint density at radius 1 is 1.29 bits per heavy atom. The molecule has 0 fully saturated rings. The van der Waals surface area contributed by atoms with Gasteiger partial charge in [-0.05, 0) is 30.3 Å². The fraction of sp³-hybridized carbons (Fsp3) is 0.0667. The Hall–Kier alpha value is -2.06. The van der Waals surface area contributed by atoms with Crippen molar-refractivity contribution in [3.63, 3.8) is 0 Å². The number of hydrogen-bond acceptors (Lipinski definition) is 3. The van der Waals surface area contributed by atoms with Crippen molar-refractivity contribution in [1.29, 1.82) is 0 Å². The molecule has 0 atom stereocenters. The molecular formula is C15H9BrClF3N2O2. The van der Waals surface area contributed by atoms with Gasteiger partial charge in [-0.1, -0.05) is 33.6 Å². The van der Waals surface area contributed by atoms with Crippen LogP contribution in [0.4, 0.5) is 13.2 Å². The van der Waals surface area contributed by atoms with Crippen molar-refractivity contribution >= 4 is 39.7 Å². The van der Waals surface area contributed by atoms with E-state index in [1.54, 1.807) is 0 Å². The number of aromatic hydroxyl groups is 1. The van der Waals surface area contributed by atoms with Gasteiger partial charge in [-0.2, -0.15) is 18.3 Å². The van der Waals surface area contributed by atoms with E-state index in [0.29, 0.717) is 4.47 Å². The Bertz CT molecular complexity index is 810. The van der Waals surface area contributed by atoms with Crippen LogP contribution in [0.3, 0.4) is 0 Å². The zero-order chi connectivity index (χ0) is 17.9. The molecule has 2 N–H and O–H groups in total. The van der Waals surface area contributed by atoms with Crippen molar-refractivity contribution in [1.82, 2.24) is 5.43 Å². The zero-order valence-corrected chi connectivity index (χ0v) is 14.1. The van der Waals surface area contributed by atoms with Crippen LogP contribution in [0.5, 0.6) is 5.75 Å². The van der Waals surface area contributed by atoms with Gasteiger partial charge in [-0.15, -0.1) is 0 Å². The topological polar surface area (TPSA) is 61.7 Å². The first-order valence-electron chi connectivity index (χ1n) is 6.37. The number of hydrogen-bond donors (Lipinski definition) is 2. The lowest BCUT2D eigenvalue weighted by Gasteiger charge is -2.07. The van der Waals surface area contributed by atoms with Crippen LogP contribution in [0.15, 0.2) is 46.0 Å². The number of halogens is 5. The maximum atomic E-state index is 12.6. The van der Waals surface area contributed by atoms with Gasteiger partial charge in [0.1, 0.15) is 5.75 Å². The number of phenolic OH excluding ortho intramolecular Hbond substituents is 1. The Morgan fingerprint density at radius 3 is 2.67 bits per heavy atom. The van der Waals surface area contributed by atoms with E-state index in [2.05, 4.69) is 26.5 Å². The average molecular weight is 422 g/mol. The Labute approximate surface area is 148 Å². The SMILES string of the molecule is O=C(NN=Cc1cc(Br)cc(Cl)c1O)c1cccc(C(F)(F)F)c1. The summed E-state index contributed by atoms with van der Waals surface area (Å²) in [4.78, 5) is 11.8. The number of rotatable bonds is 3. The summed E-state index contributed by atoms with van der Waals surface area (Å²) in [7, 11) is 0. The van der Waals surface area contributed by atoms with Crippen LogP contribution in [0.25, 0.3) is 0 Å². The third kappa shape index (κ3) is 4.48. The van der Waals surface area contributed by atoms with Gasteiger partial charge in [0.15, 0.2) is 0 Å². The molecule has 0 saturated heterocycles. The molecule has 0 aliphatic carbocycles. The number of alkyl halides is 3. The summed E-state index contributed by atoms with van der Waals surface area (Å²) in [5, 5.41) is 13.4. The van der Waals surface area contributed by atoms with Gasteiger partial charge in [-0.25, -0.2) is 5.43 Å². The summed E-state index contributed by atoms with van der Waals surface area (Å²) in [5.41, 5.74) is 1.18. The van der Waals surface area contributed by atoms with Crippen LogP contribution in [0, 0.1) is 0 Å². The first-order chi connectivity index (χ1) is 11.2. The van der Waals surface area contributed by atoms with Crippen molar-refractivity contribution in [3.8, 4) is 5.75 Å². The van der Waals surface area contributed by atoms with Crippen LogP contribution in [-0.4, -0.2) is 17.2 Å². The predicted octanol–water partition coefficient (Wildman–Crippen LogP) is 4.59. The third-order valence-corrected chi connectivity index (χ3v) is 3.63. The van der Waals surface area contributed by atoms with E-state index < -0.39 is 17.6 Å². The normalized spacial score (nSPS) is 11.7. The molecule has 0 bridgehead atoms. The molecule has 0 spiro atoms. The molecule has 9 heteroatoms. The van der Waals surface area contributed by atoms with E-state index in [1.165, 1.54) is 18.2 Å². The van der Waals surface area contributed by atoms with E-state index in [9.17, 15) is 23.1 Å². The van der Waals surface area contributed by atoms with E-state index in [4.69, 9.17) is 11.6 Å². The second-order valence-electron chi connectivity index (χ2n) is 4.60. The van der Waals surface area contributed by atoms with Crippen LogP contribution in [0.2, 0.25) is 5.02 Å². The molecule has 0 unspecified atom stereocenters. The highest BCUT2D eigenvalue weighted by Crippen LogP contribution is 2.30. The third-order valence-electron chi connectivity index (χ3n) is 2.88. The molecule has 0 heterocycles. The zero-order valence-electron chi connectivity index (χ0n) is 11.7. The molecule has 2 aromatic carbocycles. The van der Waals surface area contributed by atoms with Crippen molar-refractivity contribution in [3.05, 3.63) is 62.6 Å². The second-order valence-corrected chi connectivity index (χ2v) is 5.93. The van der Waals surface area contributed by atoms with Crippen molar-refractivity contribution in [2.45, 2.75) is 6.18 Å². The van der Waals surface area contributed by atoms with E-state index in [-0.39, 0.29) is 21.9 Å². The number of carbonyl (C=O) groups is 1. The molecule has 0 aliphatic heterocycles. The lowest BCUT2D eigenvalue weighted by molar-refractivity contribution is -0.137. The first-order valence-corrected chi connectivity index (χ1v) is 7.54. The summed E-state index contributed by atoms with van der Waals surface area (Å²) < 4.78 is 38.4. The Balaban J connectivity index is 2.14. The molecule has 0 saturated carbocycles. The summed E-state index contributed by atoms with van der Waals surface area (Å²) in [6.45, 7) is 0. The number of amides is 1. The Morgan fingerprint density at radius 2 is 2.00 bits per heavy atom. The number of phenols is 1. The fourth-order valence-electron chi connectivity index (χ4n) is 1.75. The number of carbonyl (C=O) groups excluding carboxylic acids is 1. The van der Waals surface area contributed by atoms with Crippen LogP contribution in [0.1, 0.15) is 21.5 Å². The van der Waals surface area contributed by atoms with Crippen molar-refractivity contribution in [2.24, 2.45) is 5.10 Å². The quantitative estimate of drug-likeness (QED) is 0.562. The minimum absolute atomic E-state index is 0.0787. The van der Waals surface area contributed by atoms with Crippen LogP contribution in [-0.2, 0) is 6.18 Å². The molecular weight excluding hydrogens is 413 g/mol. The highest BCUT2D eigenvalue weighted by molar-refractivity contribution is 9.10. The smallest absolute Gasteiger partial charge is 0.416 e.